The van der Waals surface area contributed by atoms with Crippen molar-refractivity contribution in [3.63, 3.8) is 0 Å². The summed E-state index contributed by atoms with van der Waals surface area (Å²) in [4.78, 5) is 16.8. The fourth-order valence-electron chi connectivity index (χ4n) is 1.42. The molecule has 2 N–H and O–H groups in total. The van der Waals surface area contributed by atoms with Gasteiger partial charge in [-0.2, -0.15) is 16.8 Å². The lowest BCUT2D eigenvalue weighted by Gasteiger charge is -2.22. The minimum absolute atomic E-state index is 0.0343. The second-order valence-electron chi connectivity index (χ2n) is 3.06. The Kier molecular flexibility index (Phi) is 4.00. The smallest absolute Gasteiger partial charge is 0.346 e. The van der Waals surface area contributed by atoms with E-state index in [1.165, 1.54) is 0 Å². The number of nitrogens with zero attached hydrogens (tertiary/aromatic N) is 2. The minimum atomic E-state index is -0.242. The van der Waals surface area contributed by atoms with Crippen LogP contribution in [0.2, 0.25) is 0 Å². The van der Waals surface area contributed by atoms with Gasteiger partial charge in [-0.3, -0.25) is 0 Å². The maximum Gasteiger partial charge on any atom is 0.346 e. The van der Waals surface area contributed by atoms with Crippen LogP contribution in [0.15, 0.2) is 17.6 Å². The van der Waals surface area contributed by atoms with E-state index in [1.54, 1.807) is 22.7 Å². The lowest BCUT2D eigenvalue weighted by molar-refractivity contribution is 0.212. The molecule has 0 aromatic carbocycles. The number of aliphatic imine (C=N–C) groups is 1. The van der Waals surface area contributed by atoms with E-state index in [2.05, 4.69) is 11.6 Å². The molecular formula is C9H15N3OS. The fourth-order valence-corrected chi connectivity index (χ4v) is 1.88. The number of hydrogen-bond donors (Lipinski definition) is 1. The van der Waals surface area contributed by atoms with E-state index in [-0.39, 0.29) is 12.1 Å². The largest absolute Gasteiger partial charge is 0.385 e. The van der Waals surface area contributed by atoms with E-state index in [9.17, 15) is 4.79 Å². The molecule has 0 radical (unpaired) electrons. The van der Waals surface area contributed by atoms with Crippen molar-refractivity contribution in [2.75, 3.05) is 18.6 Å². The second kappa shape index (κ2) is 5.05. The number of hydrogen-bond acceptors (Lipinski definition) is 3. The SMILES string of the molecule is C=CCN1C(=O)N=C(N)C1CCSC. The number of rotatable bonds is 5. The molecule has 4 nitrogen and oxygen atoms in total. The van der Waals surface area contributed by atoms with Gasteiger partial charge in [0, 0.05) is 6.54 Å². The highest BCUT2D eigenvalue weighted by Gasteiger charge is 2.31. The van der Waals surface area contributed by atoms with Gasteiger partial charge in [0.1, 0.15) is 5.84 Å². The summed E-state index contributed by atoms with van der Waals surface area (Å²) >= 11 is 1.74. The Morgan fingerprint density at radius 1 is 1.79 bits per heavy atom. The highest BCUT2D eigenvalue weighted by atomic mass is 32.2. The Labute approximate surface area is 88.2 Å². The zero-order valence-corrected chi connectivity index (χ0v) is 9.09. The Morgan fingerprint density at radius 2 is 2.50 bits per heavy atom. The van der Waals surface area contributed by atoms with Gasteiger partial charge in [0.2, 0.25) is 0 Å². The number of thioether (sulfide) groups is 1. The molecule has 1 aliphatic heterocycles. The van der Waals surface area contributed by atoms with Crippen molar-refractivity contribution in [1.82, 2.24) is 4.90 Å². The monoisotopic (exact) mass is 213 g/mol. The van der Waals surface area contributed by atoms with Gasteiger partial charge in [-0.15, -0.1) is 6.58 Å². The normalized spacial score (nSPS) is 21.2. The van der Waals surface area contributed by atoms with Crippen molar-refractivity contribution < 1.29 is 4.79 Å². The van der Waals surface area contributed by atoms with Crippen LogP contribution in [0.1, 0.15) is 6.42 Å². The molecule has 5 heteroatoms. The summed E-state index contributed by atoms with van der Waals surface area (Å²) in [6.45, 7) is 4.12. The van der Waals surface area contributed by atoms with Gasteiger partial charge < -0.3 is 10.6 Å². The lowest BCUT2D eigenvalue weighted by Crippen LogP contribution is -2.40. The molecule has 1 rings (SSSR count). The molecule has 0 saturated carbocycles. The van der Waals surface area contributed by atoms with Crippen molar-refractivity contribution >= 4 is 23.6 Å². The van der Waals surface area contributed by atoms with E-state index in [4.69, 9.17) is 5.73 Å². The Bertz CT molecular complexity index is 265. The molecule has 1 atom stereocenters. The number of carbonyl (C=O) groups is 1. The third kappa shape index (κ3) is 2.29. The first-order valence-electron chi connectivity index (χ1n) is 4.45. The van der Waals surface area contributed by atoms with Crippen LogP contribution in [-0.4, -0.2) is 41.4 Å². The van der Waals surface area contributed by atoms with Gasteiger partial charge in [0.25, 0.3) is 0 Å². The summed E-state index contributed by atoms with van der Waals surface area (Å²) in [5.41, 5.74) is 5.67. The van der Waals surface area contributed by atoms with Crippen LogP contribution in [0, 0.1) is 0 Å². The molecule has 1 aliphatic rings. The predicted molar refractivity (Wildman–Crippen MR) is 60.7 cm³/mol. The fraction of sp³-hybridized carbons (Fsp3) is 0.556. The van der Waals surface area contributed by atoms with Crippen LogP contribution in [0.5, 0.6) is 0 Å². The Hall–Kier alpha value is -0.970. The van der Waals surface area contributed by atoms with Crippen molar-refractivity contribution in [3.05, 3.63) is 12.7 Å². The van der Waals surface area contributed by atoms with Gasteiger partial charge in [-0.1, -0.05) is 6.08 Å². The van der Waals surface area contributed by atoms with Gasteiger partial charge in [-0.25, -0.2) is 4.79 Å². The third-order valence-electron chi connectivity index (χ3n) is 2.11. The molecule has 0 fully saturated rings. The Balaban J connectivity index is 2.63. The molecule has 0 bridgehead atoms. The number of urea groups is 1. The van der Waals surface area contributed by atoms with Crippen molar-refractivity contribution in [3.8, 4) is 0 Å². The Morgan fingerprint density at radius 3 is 3.07 bits per heavy atom. The molecule has 0 aromatic heterocycles. The number of amidine groups is 1. The zero-order valence-electron chi connectivity index (χ0n) is 8.27. The van der Waals surface area contributed by atoms with Crippen LogP contribution in [-0.2, 0) is 0 Å². The van der Waals surface area contributed by atoms with Gasteiger partial charge >= 0.3 is 6.03 Å². The standard InChI is InChI=1S/C9H15N3OS/c1-3-5-12-7(4-6-14-2)8(10)11-9(12)13/h3,7H,1,4-6H2,2H3,(H2,10,11,13). The predicted octanol–water partition coefficient (Wildman–Crippen LogP) is 1.09. The first kappa shape index (κ1) is 11.1. The average Bonchev–Trinajstić information content (AvgIpc) is 2.40. The number of carbonyl (C=O) groups excluding carboxylic acids is 1. The molecule has 1 unspecified atom stereocenters. The molecule has 0 saturated heterocycles. The molecule has 2 amide bonds. The summed E-state index contributed by atoms with van der Waals surface area (Å²) in [5.74, 6) is 1.41. The van der Waals surface area contributed by atoms with Crippen LogP contribution in [0.25, 0.3) is 0 Å². The van der Waals surface area contributed by atoms with Gasteiger partial charge in [0.05, 0.1) is 6.04 Å². The first-order chi connectivity index (χ1) is 6.70. The van der Waals surface area contributed by atoms with Gasteiger partial charge in [0.15, 0.2) is 0 Å². The van der Waals surface area contributed by atoms with Crippen molar-refractivity contribution in [2.24, 2.45) is 10.7 Å². The molecule has 0 spiro atoms. The molecule has 1 heterocycles. The molecule has 0 aromatic rings. The second-order valence-corrected chi connectivity index (χ2v) is 4.04. The number of amides is 2. The van der Waals surface area contributed by atoms with E-state index in [0.717, 1.165) is 12.2 Å². The van der Waals surface area contributed by atoms with Crippen LogP contribution >= 0.6 is 11.8 Å². The average molecular weight is 213 g/mol. The number of nitrogens with two attached hydrogens (primary N) is 1. The van der Waals surface area contributed by atoms with Crippen LogP contribution in [0.4, 0.5) is 4.79 Å². The maximum absolute atomic E-state index is 11.4. The first-order valence-corrected chi connectivity index (χ1v) is 5.84. The van der Waals surface area contributed by atoms with Crippen molar-refractivity contribution in [1.29, 1.82) is 0 Å². The topological polar surface area (TPSA) is 58.7 Å². The lowest BCUT2D eigenvalue weighted by atomic mass is 10.2. The third-order valence-corrected chi connectivity index (χ3v) is 2.75. The van der Waals surface area contributed by atoms with E-state index >= 15 is 0 Å². The molecule has 14 heavy (non-hydrogen) atoms. The van der Waals surface area contributed by atoms with Crippen LogP contribution < -0.4 is 5.73 Å². The van der Waals surface area contributed by atoms with E-state index < -0.39 is 0 Å². The zero-order chi connectivity index (χ0) is 10.6. The quantitative estimate of drug-likeness (QED) is 0.695. The molecule has 78 valence electrons. The maximum atomic E-state index is 11.4. The van der Waals surface area contributed by atoms with E-state index in [1.807, 2.05) is 6.26 Å². The minimum Gasteiger partial charge on any atom is -0.385 e. The molecular weight excluding hydrogens is 198 g/mol. The summed E-state index contributed by atoms with van der Waals surface area (Å²) in [5, 5.41) is 0. The van der Waals surface area contributed by atoms with Gasteiger partial charge in [-0.05, 0) is 18.4 Å². The van der Waals surface area contributed by atoms with Crippen LogP contribution in [0.3, 0.4) is 0 Å². The highest BCUT2D eigenvalue weighted by Crippen LogP contribution is 2.15. The van der Waals surface area contributed by atoms with Crippen molar-refractivity contribution in [2.45, 2.75) is 12.5 Å². The summed E-state index contributed by atoms with van der Waals surface area (Å²) < 4.78 is 0. The summed E-state index contributed by atoms with van der Waals surface area (Å²) in [7, 11) is 0. The molecule has 0 aliphatic carbocycles. The summed E-state index contributed by atoms with van der Waals surface area (Å²) in [6.07, 6.45) is 4.58. The summed E-state index contributed by atoms with van der Waals surface area (Å²) in [6, 6.07) is -0.276. The van der Waals surface area contributed by atoms with E-state index in [0.29, 0.717) is 12.4 Å². The highest BCUT2D eigenvalue weighted by molar-refractivity contribution is 7.98.